The molecular formula is C17H22Cl3FN4OS. The average molecular weight is 456 g/mol. The normalized spacial score (nSPS) is 16.9. The Balaban J connectivity index is 0.00000182. The van der Waals surface area contributed by atoms with E-state index in [0.717, 1.165) is 36.5 Å². The van der Waals surface area contributed by atoms with E-state index >= 15 is 0 Å². The van der Waals surface area contributed by atoms with Crippen molar-refractivity contribution >= 4 is 53.7 Å². The van der Waals surface area contributed by atoms with E-state index in [9.17, 15) is 9.18 Å². The van der Waals surface area contributed by atoms with Crippen molar-refractivity contribution in [2.75, 3.05) is 13.1 Å². The van der Waals surface area contributed by atoms with Crippen LogP contribution in [0, 0.1) is 5.82 Å². The molecule has 3 rings (SSSR count). The van der Waals surface area contributed by atoms with Crippen LogP contribution in [0.1, 0.15) is 33.9 Å². The molecular weight excluding hydrogens is 434 g/mol. The van der Waals surface area contributed by atoms with Crippen molar-refractivity contribution in [1.29, 1.82) is 0 Å². The summed E-state index contributed by atoms with van der Waals surface area (Å²) < 4.78 is 13.2. The Morgan fingerprint density at radius 2 is 2.22 bits per heavy atom. The Labute approximate surface area is 179 Å². The molecule has 1 aromatic heterocycles. The third kappa shape index (κ3) is 6.55. The molecule has 0 saturated carbocycles. The molecule has 1 amide bonds. The lowest BCUT2D eigenvalue weighted by Gasteiger charge is -2.33. The number of carbonyl (C=O) groups excluding carboxylic acids is 1. The van der Waals surface area contributed by atoms with Gasteiger partial charge in [0.1, 0.15) is 16.5 Å². The average Bonchev–Trinajstić information content (AvgIpc) is 3.07. The van der Waals surface area contributed by atoms with Gasteiger partial charge >= 0.3 is 0 Å². The molecule has 10 heteroatoms. The number of nitrogens with one attached hydrogen (secondary N) is 1. The summed E-state index contributed by atoms with van der Waals surface area (Å²) in [7, 11) is 0. The van der Waals surface area contributed by atoms with E-state index in [0.29, 0.717) is 23.8 Å². The lowest BCUT2D eigenvalue weighted by atomic mass is 10.0. The number of thiazole rings is 1. The molecule has 150 valence electrons. The maximum absolute atomic E-state index is 13.2. The van der Waals surface area contributed by atoms with Crippen LogP contribution in [-0.4, -0.2) is 34.9 Å². The van der Waals surface area contributed by atoms with Crippen LogP contribution in [0.5, 0.6) is 0 Å². The molecule has 0 bridgehead atoms. The van der Waals surface area contributed by atoms with Gasteiger partial charge in [-0.05, 0) is 37.1 Å². The summed E-state index contributed by atoms with van der Waals surface area (Å²) in [5, 5.41) is 5.96. The van der Waals surface area contributed by atoms with E-state index in [1.165, 1.54) is 23.5 Å². The highest BCUT2D eigenvalue weighted by molar-refractivity contribution is 7.09. The number of rotatable bonds is 5. The number of nitrogens with two attached hydrogens (primary N) is 1. The highest BCUT2D eigenvalue weighted by atomic mass is 35.5. The van der Waals surface area contributed by atoms with Gasteiger partial charge in [-0.1, -0.05) is 17.7 Å². The van der Waals surface area contributed by atoms with Crippen LogP contribution >= 0.6 is 47.8 Å². The minimum atomic E-state index is -0.336. The summed E-state index contributed by atoms with van der Waals surface area (Å²) in [6.45, 7) is 2.63. The first kappa shape index (κ1) is 24.1. The molecule has 2 heterocycles. The van der Waals surface area contributed by atoms with Crippen molar-refractivity contribution in [2.24, 2.45) is 5.73 Å². The van der Waals surface area contributed by atoms with Gasteiger partial charge in [0.15, 0.2) is 0 Å². The van der Waals surface area contributed by atoms with Crippen LogP contribution < -0.4 is 11.1 Å². The van der Waals surface area contributed by atoms with Crippen LogP contribution in [0.25, 0.3) is 0 Å². The van der Waals surface area contributed by atoms with Gasteiger partial charge in [0.05, 0.1) is 0 Å². The first-order valence-electron chi connectivity index (χ1n) is 8.17. The molecule has 0 radical (unpaired) electrons. The Morgan fingerprint density at radius 1 is 1.44 bits per heavy atom. The summed E-state index contributed by atoms with van der Waals surface area (Å²) >= 11 is 7.50. The molecule has 5 nitrogen and oxygen atoms in total. The fourth-order valence-electron chi connectivity index (χ4n) is 2.98. The predicted molar refractivity (Wildman–Crippen MR) is 112 cm³/mol. The molecule has 1 unspecified atom stereocenters. The molecule has 3 N–H and O–H groups in total. The van der Waals surface area contributed by atoms with Crippen LogP contribution in [0.3, 0.4) is 0 Å². The first-order chi connectivity index (χ1) is 12.0. The van der Waals surface area contributed by atoms with Gasteiger partial charge in [0, 0.05) is 36.1 Å². The molecule has 1 fully saturated rings. The van der Waals surface area contributed by atoms with Gasteiger partial charge in [-0.15, -0.1) is 36.2 Å². The highest BCUT2D eigenvalue weighted by Crippen LogP contribution is 2.21. The fraction of sp³-hybridized carbons (Fsp3) is 0.412. The van der Waals surface area contributed by atoms with E-state index in [1.54, 1.807) is 11.4 Å². The third-order valence-electron chi connectivity index (χ3n) is 4.21. The fourth-order valence-corrected chi connectivity index (χ4v) is 3.86. The van der Waals surface area contributed by atoms with Crippen molar-refractivity contribution < 1.29 is 9.18 Å². The quantitative estimate of drug-likeness (QED) is 0.722. The van der Waals surface area contributed by atoms with E-state index < -0.39 is 0 Å². The van der Waals surface area contributed by atoms with Gasteiger partial charge in [-0.25, -0.2) is 9.37 Å². The number of benzene rings is 1. The number of likely N-dealkylation sites (tertiary alicyclic amines) is 1. The summed E-state index contributed by atoms with van der Waals surface area (Å²) in [6.07, 6.45) is 1.90. The Hall–Kier alpha value is -0.960. The standard InChI is InChI=1S/C17H20ClFN4OS.2ClH/c18-14-6-12(19)4-3-11(14)8-23-5-1-2-13(9-23)21-17(24)15-10-25-16(7-20)22-15;;/h3-4,6,10,13H,1-2,5,7-9,20H2,(H,21,24);2*1H. The van der Waals surface area contributed by atoms with Crippen molar-refractivity contribution in [1.82, 2.24) is 15.2 Å². The molecule has 27 heavy (non-hydrogen) atoms. The summed E-state index contributed by atoms with van der Waals surface area (Å²) in [6, 6.07) is 4.52. The number of nitrogens with zero attached hydrogens (tertiary/aromatic N) is 2. The second-order valence-electron chi connectivity index (χ2n) is 6.11. The Morgan fingerprint density at radius 3 is 2.89 bits per heavy atom. The first-order valence-corrected chi connectivity index (χ1v) is 9.42. The number of hydrogen-bond acceptors (Lipinski definition) is 5. The van der Waals surface area contributed by atoms with E-state index in [-0.39, 0.29) is 42.6 Å². The van der Waals surface area contributed by atoms with Crippen molar-refractivity contribution in [2.45, 2.75) is 32.0 Å². The zero-order valence-corrected chi connectivity index (χ0v) is 17.7. The van der Waals surface area contributed by atoms with Crippen LogP contribution in [0.15, 0.2) is 23.6 Å². The van der Waals surface area contributed by atoms with Crippen molar-refractivity contribution in [3.8, 4) is 0 Å². The van der Waals surface area contributed by atoms with Gasteiger partial charge in [-0.2, -0.15) is 0 Å². The molecule has 1 atom stereocenters. The summed E-state index contributed by atoms with van der Waals surface area (Å²) in [4.78, 5) is 18.7. The maximum atomic E-state index is 13.2. The van der Waals surface area contributed by atoms with Crippen LogP contribution in [0.4, 0.5) is 4.39 Å². The molecule has 2 aromatic rings. The Bertz CT molecular complexity index is 762. The second-order valence-corrected chi connectivity index (χ2v) is 7.46. The highest BCUT2D eigenvalue weighted by Gasteiger charge is 2.23. The number of carbonyl (C=O) groups is 1. The largest absolute Gasteiger partial charge is 0.347 e. The molecule has 1 saturated heterocycles. The topological polar surface area (TPSA) is 71.2 Å². The molecule has 0 aliphatic carbocycles. The molecule has 1 aliphatic rings. The third-order valence-corrected chi connectivity index (χ3v) is 5.43. The predicted octanol–water partition coefficient (Wildman–Crippen LogP) is 3.63. The van der Waals surface area contributed by atoms with Crippen molar-refractivity contribution in [3.63, 3.8) is 0 Å². The maximum Gasteiger partial charge on any atom is 0.271 e. The molecule has 1 aliphatic heterocycles. The minimum Gasteiger partial charge on any atom is -0.347 e. The molecule has 0 spiro atoms. The number of piperidine rings is 1. The van der Waals surface area contributed by atoms with E-state index in [4.69, 9.17) is 17.3 Å². The lowest BCUT2D eigenvalue weighted by Crippen LogP contribution is -2.47. The van der Waals surface area contributed by atoms with Crippen molar-refractivity contribution in [3.05, 3.63) is 50.7 Å². The van der Waals surface area contributed by atoms with Gasteiger partial charge in [0.2, 0.25) is 0 Å². The number of hydrogen-bond donors (Lipinski definition) is 2. The molecule has 1 aromatic carbocycles. The number of amides is 1. The van der Waals surface area contributed by atoms with Gasteiger partial charge in [0.25, 0.3) is 5.91 Å². The lowest BCUT2D eigenvalue weighted by molar-refractivity contribution is 0.0896. The summed E-state index contributed by atoms with van der Waals surface area (Å²) in [5.41, 5.74) is 6.85. The van der Waals surface area contributed by atoms with Crippen LogP contribution in [-0.2, 0) is 13.1 Å². The SMILES string of the molecule is Cl.Cl.NCc1nc(C(=O)NC2CCCN(Cc3ccc(F)cc3Cl)C2)cs1. The van der Waals surface area contributed by atoms with E-state index in [1.807, 2.05) is 0 Å². The number of halogens is 4. The monoisotopic (exact) mass is 454 g/mol. The zero-order valence-electron chi connectivity index (χ0n) is 14.5. The second kappa shape index (κ2) is 11.1. The minimum absolute atomic E-state index is 0. The van der Waals surface area contributed by atoms with Gasteiger partial charge < -0.3 is 11.1 Å². The summed E-state index contributed by atoms with van der Waals surface area (Å²) in [5.74, 6) is -0.500. The number of aromatic nitrogens is 1. The van der Waals surface area contributed by atoms with Crippen LogP contribution in [0.2, 0.25) is 5.02 Å². The van der Waals surface area contributed by atoms with Gasteiger partial charge in [-0.3, -0.25) is 9.69 Å². The Kier molecular flexibility index (Phi) is 9.94. The van der Waals surface area contributed by atoms with E-state index in [2.05, 4.69) is 15.2 Å². The smallest absolute Gasteiger partial charge is 0.271 e. The zero-order chi connectivity index (χ0) is 17.8.